The molecule has 0 bridgehead atoms. The Kier molecular flexibility index (Phi) is 4.00. The zero-order chi connectivity index (χ0) is 18.3. The van der Waals surface area contributed by atoms with Crippen LogP contribution in [-0.4, -0.2) is 35.8 Å². The first-order valence-electron chi connectivity index (χ1n) is 7.41. The van der Waals surface area contributed by atoms with Gasteiger partial charge in [-0.3, -0.25) is 9.59 Å². The highest BCUT2D eigenvalue weighted by Crippen LogP contribution is 2.30. The molecule has 5 nitrogen and oxygen atoms in total. The van der Waals surface area contributed by atoms with Crippen molar-refractivity contribution in [2.75, 3.05) is 14.1 Å². The van der Waals surface area contributed by atoms with Gasteiger partial charge in [-0.25, -0.2) is 8.78 Å². The maximum Gasteiger partial charge on any atom is 0.253 e. The SMILES string of the molecule is CN(C)C(=O)c1ccc(-c2cc(F)c3[nH]cc(C(N)=O)c3c2)c(F)c1. The summed E-state index contributed by atoms with van der Waals surface area (Å²) in [6.45, 7) is 0. The van der Waals surface area contributed by atoms with Crippen LogP contribution in [0.3, 0.4) is 0 Å². The minimum absolute atomic E-state index is 0.118. The fraction of sp³-hybridized carbons (Fsp3) is 0.111. The lowest BCUT2D eigenvalue weighted by atomic mass is 10.00. The normalized spacial score (nSPS) is 10.9. The number of nitrogens with zero attached hydrogens (tertiary/aromatic N) is 1. The van der Waals surface area contributed by atoms with Gasteiger partial charge >= 0.3 is 0 Å². The van der Waals surface area contributed by atoms with Gasteiger partial charge in [0.05, 0.1) is 11.1 Å². The van der Waals surface area contributed by atoms with Crippen molar-refractivity contribution < 1.29 is 18.4 Å². The molecule has 0 saturated heterocycles. The first-order valence-corrected chi connectivity index (χ1v) is 7.41. The standard InChI is InChI=1S/C18H15F2N3O2/c1-23(2)18(25)9-3-4-11(14(19)6-9)10-5-12-13(17(21)24)8-22-16(12)15(20)7-10/h3-8,22H,1-2H3,(H2,21,24). The Balaban J connectivity index is 2.15. The van der Waals surface area contributed by atoms with Crippen LogP contribution in [-0.2, 0) is 0 Å². The molecule has 2 amide bonds. The first kappa shape index (κ1) is 16.6. The van der Waals surface area contributed by atoms with Crippen molar-refractivity contribution in [1.29, 1.82) is 0 Å². The van der Waals surface area contributed by atoms with Gasteiger partial charge in [-0.2, -0.15) is 0 Å². The van der Waals surface area contributed by atoms with Crippen molar-refractivity contribution in [1.82, 2.24) is 9.88 Å². The Hall–Kier alpha value is -3.22. The number of carbonyl (C=O) groups excluding carboxylic acids is 2. The van der Waals surface area contributed by atoms with E-state index in [1.54, 1.807) is 14.1 Å². The second kappa shape index (κ2) is 6.01. The van der Waals surface area contributed by atoms with Crippen molar-refractivity contribution in [3.05, 3.63) is 59.3 Å². The van der Waals surface area contributed by atoms with Crippen LogP contribution in [0.1, 0.15) is 20.7 Å². The Morgan fingerprint density at radius 3 is 2.40 bits per heavy atom. The molecule has 0 fully saturated rings. The molecule has 0 aliphatic rings. The maximum atomic E-state index is 14.5. The van der Waals surface area contributed by atoms with E-state index >= 15 is 0 Å². The number of aromatic nitrogens is 1. The van der Waals surface area contributed by atoms with Crippen LogP contribution in [0.15, 0.2) is 36.5 Å². The lowest BCUT2D eigenvalue weighted by Crippen LogP contribution is -2.21. The van der Waals surface area contributed by atoms with E-state index in [4.69, 9.17) is 5.73 Å². The molecule has 0 saturated carbocycles. The zero-order valence-electron chi connectivity index (χ0n) is 13.6. The summed E-state index contributed by atoms with van der Waals surface area (Å²) < 4.78 is 28.8. The van der Waals surface area contributed by atoms with E-state index in [0.29, 0.717) is 0 Å². The molecule has 3 aromatic rings. The minimum Gasteiger partial charge on any atom is -0.366 e. The molecule has 3 N–H and O–H groups in total. The molecule has 0 spiro atoms. The third-order valence-corrected chi connectivity index (χ3v) is 3.94. The van der Waals surface area contributed by atoms with E-state index in [1.807, 2.05) is 0 Å². The molecule has 0 aliphatic carbocycles. The number of H-pyrrole nitrogens is 1. The number of aromatic amines is 1. The molecule has 25 heavy (non-hydrogen) atoms. The van der Waals surface area contributed by atoms with Gasteiger partial charge in [0.2, 0.25) is 0 Å². The number of halogens is 2. The number of fused-ring (bicyclic) bond motifs is 1. The molecular weight excluding hydrogens is 328 g/mol. The smallest absolute Gasteiger partial charge is 0.253 e. The van der Waals surface area contributed by atoms with Crippen LogP contribution >= 0.6 is 0 Å². The average Bonchev–Trinajstić information content (AvgIpc) is 2.98. The predicted octanol–water partition coefficient (Wildman–Crippen LogP) is 2.91. The van der Waals surface area contributed by atoms with Crippen molar-refractivity contribution >= 4 is 22.7 Å². The van der Waals surface area contributed by atoms with E-state index in [-0.39, 0.29) is 39.1 Å². The Labute approximate surface area is 142 Å². The van der Waals surface area contributed by atoms with E-state index in [0.717, 1.165) is 12.1 Å². The van der Waals surface area contributed by atoms with Gasteiger partial charge in [0.15, 0.2) is 0 Å². The Bertz CT molecular complexity index is 1010. The second-order valence-electron chi connectivity index (χ2n) is 5.84. The van der Waals surface area contributed by atoms with Crippen LogP contribution in [0.4, 0.5) is 8.78 Å². The number of hydrogen-bond acceptors (Lipinski definition) is 2. The average molecular weight is 343 g/mol. The molecule has 1 heterocycles. The van der Waals surface area contributed by atoms with Gasteiger partial charge in [0.1, 0.15) is 11.6 Å². The number of hydrogen-bond donors (Lipinski definition) is 2. The highest BCUT2D eigenvalue weighted by molar-refractivity contribution is 6.07. The van der Waals surface area contributed by atoms with Gasteiger partial charge in [0.25, 0.3) is 11.8 Å². The third-order valence-electron chi connectivity index (χ3n) is 3.94. The fourth-order valence-corrected chi connectivity index (χ4v) is 2.69. The van der Waals surface area contributed by atoms with Gasteiger partial charge in [0, 0.05) is 36.8 Å². The number of benzene rings is 2. The largest absolute Gasteiger partial charge is 0.366 e. The Morgan fingerprint density at radius 1 is 1.08 bits per heavy atom. The summed E-state index contributed by atoms with van der Waals surface area (Å²) in [7, 11) is 3.13. The maximum absolute atomic E-state index is 14.5. The molecular formula is C18H15F2N3O2. The van der Waals surface area contributed by atoms with E-state index in [2.05, 4.69) is 4.98 Å². The highest BCUT2D eigenvalue weighted by Gasteiger charge is 2.17. The quantitative estimate of drug-likeness (QED) is 0.767. The molecule has 0 atom stereocenters. The molecule has 2 aromatic carbocycles. The minimum atomic E-state index is -0.713. The first-order chi connectivity index (χ1) is 11.8. The zero-order valence-corrected chi connectivity index (χ0v) is 13.6. The molecule has 7 heteroatoms. The van der Waals surface area contributed by atoms with Gasteiger partial charge in [-0.05, 0) is 29.8 Å². The predicted molar refractivity (Wildman–Crippen MR) is 90.2 cm³/mol. The van der Waals surface area contributed by atoms with Crippen molar-refractivity contribution in [2.45, 2.75) is 0 Å². The van der Waals surface area contributed by atoms with E-state index in [9.17, 15) is 18.4 Å². The van der Waals surface area contributed by atoms with Gasteiger partial charge in [-0.15, -0.1) is 0 Å². The van der Waals surface area contributed by atoms with Crippen LogP contribution in [0.25, 0.3) is 22.0 Å². The summed E-state index contributed by atoms with van der Waals surface area (Å²) in [6, 6.07) is 6.63. The van der Waals surface area contributed by atoms with Crippen molar-refractivity contribution in [3.63, 3.8) is 0 Å². The topological polar surface area (TPSA) is 79.2 Å². The molecule has 0 aliphatic heterocycles. The molecule has 0 unspecified atom stereocenters. The van der Waals surface area contributed by atoms with Crippen molar-refractivity contribution in [3.8, 4) is 11.1 Å². The number of nitrogens with one attached hydrogen (secondary N) is 1. The number of amides is 2. The number of nitrogens with two attached hydrogens (primary N) is 1. The third kappa shape index (κ3) is 2.84. The molecule has 128 valence electrons. The summed E-state index contributed by atoms with van der Waals surface area (Å²) in [5, 5.41) is 0.273. The summed E-state index contributed by atoms with van der Waals surface area (Å²) in [5.41, 5.74) is 6.07. The van der Waals surface area contributed by atoms with Crippen LogP contribution in [0.2, 0.25) is 0 Å². The monoisotopic (exact) mass is 343 g/mol. The van der Waals surface area contributed by atoms with E-state index < -0.39 is 17.5 Å². The summed E-state index contributed by atoms with van der Waals surface area (Å²) >= 11 is 0. The number of primary amides is 1. The number of carbonyl (C=O) groups is 2. The van der Waals surface area contributed by atoms with Gasteiger partial charge < -0.3 is 15.6 Å². The molecule has 1 aromatic heterocycles. The van der Waals surface area contributed by atoms with Gasteiger partial charge in [-0.1, -0.05) is 6.07 Å². The van der Waals surface area contributed by atoms with Crippen LogP contribution in [0.5, 0.6) is 0 Å². The summed E-state index contributed by atoms with van der Waals surface area (Å²) in [4.78, 5) is 27.3. The summed E-state index contributed by atoms with van der Waals surface area (Å²) in [6.07, 6.45) is 1.31. The molecule has 3 rings (SSSR count). The fourth-order valence-electron chi connectivity index (χ4n) is 2.69. The lowest BCUT2D eigenvalue weighted by molar-refractivity contribution is 0.0827. The second-order valence-corrected chi connectivity index (χ2v) is 5.84. The van der Waals surface area contributed by atoms with Crippen molar-refractivity contribution in [2.24, 2.45) is 5.73 Å². The Morgan fingerprint density at radius 2 is 1.80 bits per heavy atom. The van der Waals surface area contributed by atoms with Crippen LogP contribution in [0, 0.1) is 11.6 Å². The molecule has 0 radical (unpaired) electrons. The summed E-state index contributed by atoms with van der Waals surface area (Å²) in [5.74, 6) is -2.35. The highest BCUT2D eigenvalue weighted by atomic mass is 19.1. The van der Waals surface area contributed by atoms with E-state index in [1.165, 1.54) is 29.3 Å². The lowest BCUT2D eigenvalue weighted by Gasteiger charge is -2.12. The number of rotatable bonds is 3. The van der Waals surface area contributed by atoms with Crippen LogP contribution < -0.4 is 5.73 Å².